The van der Waals surface area contributed by atoms with Gasteiger partial charge in [0, 0.05) is 25.1 Å². The number of rotatable bonds is 5. The van der Waals surface area contributed by atoms with E-state index in [2.05, 4.69) is 4.98 Å². The maximum Gasteiger partial charge on any atom is 0.313 e. The zero-order valence-corrected chi connectivity index (χ0v) is 11.3. The molecule has 18 heavy (non-hydrogen) atoms. The highest BCUT2D eigenvalue weighted by atomic mass is 32.1. The highest BCUT2D eigenvalue weighted by Gasteiger charge is 2.41. The number of aliphatic carboxylic acids is 1. The van der Waals surface area contributed by atoms with E-state index in [1.165, 1.54) is 0 Å². The van der Waals surface area contributed by atoms with E-state index in [0.29, 0.717) is 32.7 Å². The summed E-state index contributed by atoms with van der Waals surface area (Å²) in [6.07, 6.45) is 1.50. The molecule has 6 heteroatoms. The van der Waals surface area contributed by atoms with Crippen LogP contribution in [0.5, 0.6) is 0 Å². The van der Waals surface area contributed by atoms with E-state index in [1.807, 2.05) is 17.3 Å². The molecule has 1 atom stereocenters. The molecular formula is C12H18N2O3S. The molecule has 100 valence electrons. The van der Waals surface area contributed by atoms with E-state index in [9.17, 15) is 9.90 Å². The van der Waals surface area contributed by atoms with Crippen molar-refractivity contribution in [2.24, 2.45) is 5.41 Å². The summed E-state index contributed by atoms with van der Waals surface area (Å²) in [5.74, 6) is -0.757. The number of carbonyl (C=O) groups is 1. The van der Waals surface area contributed by atoms with Crippen molar-refractivity contribution in [1.29, 1.82) is 0 Å². The van der Waals surface area contributed by atoms with Crippen LogP contribution in [-0.4, -0.2) is 47.8 Å². The summed E-state index contributed by atoms with van der Waals surface area (Å²) < 4.78 is 5.36. The standard InChI is InChI=1S/C12H18N2O3S/c1-14(5-10-6-18-9-13-10)7-12(11(15)16)3-2-4-17-8-12/h6,9H,2-5,7-8H2,1H3,(H,15,16). The number of hydrogen-bond donors (Lipinski definition) is 1. The number of thiazole rings is 1. The SMILES string of the molecule is CN(Cc1cscn1)CC1(C(=O)O)CCCOC1. The lowest BCUT2D eigenvalue weighted by atomic mass is 9.82. The Kier molecular flexibility index (Phi) is 4.31. The van der Waals surface area contributed by atoms with Gasteiger partial charge in [-0.15, -0.1) is 11.3 Å². The predicted octanol–water partition coefficient (Wildman–Crippen LogP) is 1.46. The fraction of sp³-hybridized carbons (Fsp3) is 0.667. The van der Waals surface area contributed by atoms with Gasteiger partial charge in [0.05, 0.1) is 17.8 Å². The topological polar surface area (TPSA) is 62.7 Å². The molecule has 0 aromatic carbocycles. The highest BCUT2D eigenvalue weighted by Crippen LogP contribution is 2.30. The summed E-state index contributed by atoms with van der Waals surface area (Å²) in [5, 5.41) is 11.4. The van der Waals surface area contributed by atoms with Crippen molar-refractivity contribution in [1.82, 2.24) is 9.88 Å². The first-order valence-electron chi connectivity index (χ1n) is 5.99. The third kappa shape index (κ3) is 3.07. The van der Waals surface area contributed by atoms with Crippen molar-refractivity contribution >= 4 is 17.3 Å². The first-order valence-corrected chi connectivity index (χ1v) is 6.93. The average molecular weight is 270 g/mol. The largest absolute Gasteiger partial charge is 0.481 e. The van der Waals surface area contributed by atoms with E-state index < -0.39 is 11.4 Å². The Bertz CT molecular complexity index is 388. The lowest BCUT2D eigenvalue weighted by Gasteiger charge is -2.36. The molecule has 1 unspecified atom stereocenters. The van der Waals surface area contributed by atoms with E-state index in [-0.39, 0.29) is 0 Å². The van der Waals surface area contributed by atoms with Gasteiger partial charge in [-0.3, -0.25) is 9.69 Å². The number of aromatic nitrogens is 1. The molecule has 2 heterocycles. The van der Waals surface area contributed by atoms with Crippen LogP contribution >= 0.6 is 11.3 Å². The molecule has 0 saturated carbocycles. The van der Waals surface area contributed by atoms with Crippen molar-refractivity contribution in [3.05, 3.63) is 16.6 Å². The second kappa shape index (κ2) is 5.77. The predicted molar refractivity (Wildman–Crippen MR) is 68.6 cm³/mol. The van der Waals surface area contributed by atoms with Crippen LogP contribution in [0.3, 0.4) is 0 Å². The summed E-state index contributed by atoms with van der Waals surface area (Å²) in [5.41, 5.74) is 2.02. The monoisotopic (exact) mass is 270 g/mol. The number of nitrogens with zero attached hydrogens (tertiary/aromatic N) is 2. The minimum atomic E-state index is -0.761. The maximum absolute atomic E-state index is 11.5. The van der Waals surface area contributed by atoms with Gasteiger partial charge in [-0.2, -0.15) is 0 Å². The number of carboxylic acids is 1. The molecule has 1 aromatic rings. The van der Waals surface area contributed by atoms with Crippen LogP contribution in [-0.2, 0) is 16.1 Å². The van der Waals surface area contributed by atoms with E-state index in [1.54, 1.807) is 16.8 Å². The van der Waals surface area contributed by atoms with Crippen molar-refractivity contribution in [3.63, 3.8) is 0 Å². The Hall–Kier alpha value is -0.980. The highest BCUT2D eigenvalue weighted by molar-refractivity contribution is 7.07. The Morgan fingerprint density at radius 1 is 1.72 bits per heavy atom. The molecule has 2 rings (SSSR count). The first kappa shape index (κ1) is 13.5. The maximum atomic E-state index is 11.5. The Morgan fingerprint density at radius 2 is 2.56 bits per heavy atom. The zero-order valence-electron chi connectivity index (χ0n) is 10.5. The molecule has 0 spiro atoms. The smallest absolute Gasteiger partial charge is 0.313 e. The molecule has 5 nitrogen and oxygen atoms in total. The van der Waals surface area contributed by atoms with Crippen LogP contribution < -0.4 is 0 Å². The molecule has 0 aliphatic carbocycles. The minimum Gasteiger partial charge on any atom is -0.481 e. The van der Waals surface area contributed by atoms with Gasteiger partial charge in [-0.25, -0.2) is 4.98 Å². The van der Waals surface area contributed by atoms with Gasteiger partial charge < -0.3 is 9.84 Å². The van der Waals surface area contributed by atoms with Gasteiger partial charge in [-0.1, -0.05) is 0 Å². The van der Waals surface area contributed by atoms with E-state index in [0.717, 1.165) is 12.1 Å². The Labute approximate surface area is 110 Å². The van der Waals surface area contributed by atoms with Crippen LogP contribution in [0.4, 0.5) is 0 Å². The average Bonchev–Trinajstić information content (AvgIpc) is 2.82. The van der Waals surface area contributed by atoms with Gasteiger partial charge in [0.25, 0.3) is 0 Å². The van der Waals surface area contributed by atoms with Gasteiger partial charge in [0.1, 0.15) is 5.41 Å². The Morgan fingerprint density at radius 3 is 3.11 bits per heavy atom. The van der Waals surface area contributed by atoms with Crippen LogP contribution in [0, 0.1) is 5.41 Å². The fourth-order valence-corrected chi connectivity index (χ4v) is 2.93. The third-order valence-corrected chi connectivity index (χ3v) is 3.90. The van der Waals surface area contributed by atoms with E-state index in [4.69, 9.17) is 4.74 Å². The molecule has 1 aliphatic rings. The molecule has 1 saturated heterocycles. The lowest BCUT2D eigenvalue weighted by molar-refractivity contribution is -0.159. The number of carboxylic acid groups (broad SMARTS) is 1. The second-order valence-electron chi connectivity index (χ2n) is 4.89. The van der Waals surface area contributed by atoms with E-state index >= 15 is 0 Å². The molecule has 1 aliphatic heterocycles. The summed E-state index contributed by atoms with van der Waals surface area (Å²) >= 11 is 1.55. The normalized spacial score (nSPS) is 24.3. The van der Waals surface area contributed by atoms with Gasteiger partial charge in [-0.05, 0) is 19.9 Å². The molecule has 0 bridgehead atoms. The summed E-state index contributed by atoms with van der Waals surface area (Å²) in [6.45, 7) is 2.16. The lowest BCUT2D eigenvalue weighted by Crippen LogP contribution is -2.47. The van der Waals surface area contributed by atoms with Crippen molar-refractivity contribution in [2.75, 3.05) is 26.8 Å². The van der Waals surface area contributed by atoms with Crippen molar-refractivity contribution in [3.8, 4) is 0 Å². The first-order chi connectivity index (χ1) is 8.62. The van der Waals surface area contributed by atoms with Crippen LogP contribution in [0.1, 0.15) is 18.5 Å². The molecule has 0 radical (unpaired) electrons. The third-order valence-electron chi connectivity index (χ3n) is 3.26. The fourth-order valence-electron chi connectivity index (χ4n) is 2.38. The van der Waals surface area contributed by atoms with Crippen molar-refractivity contribution in [2.45, 2.75) is 19.4 Å². The van der Waals surface area contributed by atoms with Crippen LogP contribution in [0.25, 0.3) is 0 Å². The van der Waals surface area contributed by atoms with Crippen molar-refractivity contribution < 1.29 is 14.6 Å². The summed E-state index contributed by atoms with van der Waals surface area (Å²) in [7, 11) is 1.93. The zero-order chi connectivity index (χ0) is 13.0. The molecule has 1 aromatic heterocycles. The number of ether oxygens (including phenoxy) is 1. The van der Waals surface area contributed by atoms with Crippen LogP contribution in [0.15, 0.2) is 10.9 Å². The van der Waals surface area contributed by atoms with Gasteiger partial charge >= 0.3 is 5.97 Å². The Balaban J connectivity index is 1.98. The minimum absolute atomic E-state index is 0.309. The molecule has 1 fully saturated rings. The number of hydrogen-bond acceptors (Lipinski definition) is 5. The summed E-state index contributed by atoms with van der Waals surface area (Å²) in [4.78, 5) is 17.7. The molecule has 1 N–H and O–H groups in total. The van der Waals surface area contributed by atoms with Gasteiger partial charge in [0.15, 0.2) is 0 Å². The van der Waals surface area contributed by atoms with Crippen LogP contribution in [0.2, 0.25) is 0 Å². The molecule has 0 amide bonds. The quantitative estimate of drug-likeness (QED) is 0.877. The molecular weight excluding hydrogens is 252 g/mol. The summed E-state index contributed by atoms with van der Waals surface area (Å²) in [6, 6.07) is 0. The second-order valence-corrected chi connectivity index (χ2v) is 5.61. The van der Waals surface area contributed by atoms with Gasteiger partial charge in [0.2, 0.25) is 0 Å².